The van der Waals surface area contributed by atoms with Crippen molar-refractivity contribution in [2.24, 2.45) is 4.99 Å². The van der Waals surface area contributed by atoms with Crippen molar-refractivity contribution in [1.29, 1.82) is 0 Å². The molecule has 0 aliphatic carbocycles. The molecule has 6 N–H and O–H groups in total. The number of nitrogen functional groups attached to an aromatic ring is 2. The zero-order valence-corrected chi connectivity index (χ0v) is 21.9. The lowest BCUT2D eigenvalue weighted by Crippen LogP contribution is -2.15. The molecule has 8 nitrogen and oxygen atoms in total. The van der Waals surface area contributed by atoms with Gasteiger partial charge in [-0.1, -0.05) is 48.0 Å². The fourth-order valence-corrected chi connectivity index (χ4v) is 4.84. The second-order valence-corrected chi connectivity index (χ2v) is 9.83. The predicted octanol–water partition coefficient (Wildman–Crippen LogP) is 6.94. The molecule has 6 rings (SSSR count). The highest BCUT2D eigenvalue weighted by atomic mass is 19.4. The van der Waals surface area contributed by atoms with E-state index in [-0.39, 0.29) is 23.3 Å². The lowest BCUT2D eigenvalue weighted by atomic mass is 9.96. The molecule has 3 heterocycles. The highest BCUT2D eigenvalue weighted by Gasteiger charge is 2.31. The molecule has 1 atom stereocenters. The standard InChI is InChI=1S/C30H25F3N8/c1-16-5-7-17(8-6-16)23-15-24(39-28-26(38-23)27(34)40-29(35)41-28)18-3-2-4-20(13-18)37-22-11-12-36-25-14-19(30(31,32)33)9-10-21(22)25/h2-14,24H,15H2,1H3,(H,36,37)(H5,34,35,39,40,41). The number of hydrogen-bond acceptors (Lipinski definition) is 8. The van der Waals surface area contributed by atoms with Crippen LogP contribution in [0.5, 0.6) is 0 Å². The third kappa shape index (κ3) is 5.33. The van der Waals surface area contributed by atoms with E-state index >= 15 is 0 Å². The molecule has 2 aromatic heterocycles. The predicted molar refractivity (Wildman–Crippen MR) is 156 cm³/mol. The summed E-state index contributed by atoms with van der Waals surface area (Å²) in [5, 5.41) is 7.35. The van der Waals surface area contributed by atoms with E-state index in [1.54, 1.807) is 6.07 Å². The molecular weight excluding hydrogens is 529 g/mol. The monoisotopic (exact) mass is 554 g/mol. The van der Waals surface area contributed by atoms with Gasteiger partial charge in [-0.3, -0.25) is 4.98 Å². The van der Waals surface area contributed by atoms with Gasteiger partial charge in [-0.15, -0.1) is 0 Å². The number of anilines is 5. The van der Waals surface area contributed by atoms with Crippen LogP contribution in [0.15, 0.2) is 84.0 Å². The second-order valence-electron chi connectivity index (χ2n) is 9.83. The molecule has 206 valence electrons. The van der Waals surface area contributed by atoms with Crippen molar-refractivity contribution in [3.63, 3.8) is 0 Å². The summed E-state index contributed by atoms with van der Waals surface area (Å²) in [5.41, 5.74) is 17.2. The number of aromatic nitrogens is 3. The molecule has 0 radical (unpaired) electrons. The topological polar surface area (TPSA) is 127 Å². The summed E-state index contributed by atoms with van der Waals surface area (Å²) in [6, 6.07) is 20.8. The van der Waals surface area contributed by atoms with Crippen LogP contribution in [0.3, 0.4) is 0 Å². The SMILES string of the molecule is Cc1ccc(C2=Nc3c(N)nc(N)nc3NC(c3cccc(Nc4ccnc5cc(C(F)(F)F)ccc45)c3)C2)cc1. The van der Waals surface area contributed by atoms with Gasteiger partial charge in [0.25, 0.3) is 0 Å². The highest BCUT2D eigenvalue weighted by molar-refractivity contribution is 6.05. The van der Waals surface area contributed by atoms with Gasteiger partial charge in [0.15, 0.2) is 11.6 Å². The van der Waals surface area contributed by atoms with Crippen LogP contribution in [0.4, 0.5) is 47.8 Å². The molecular formula is C30H25F3N8. The number of nitrogens with zero attached hydrogens (tertiary/aromatic N) is 4. The third-order valence-electron chi connectivity index (χ3n) is 6.91. The van der Waals surface area contributed by atoms with Crippen LogP contribution in [0, 0.1) is 6.92 Å². The quantitative estimate of drug-likeness (QED) is 0.190. The Hall–Kier alpha value is -5.19. The minimum atomic E-state index is -4.45. The molecule has 0 amide bonds. The van der Waals surface area contributed by atoms with Crippen LogP contribution < -0.4 is 22.1 Å². The minimum absolute atomic E-state index is 0.0372. The molecule has 11 heteroatoms. The molecule has 41 heavy (non-hydrogen) atoms. The summed E-state index contributed by atoms with van der Waals surface area (Å²) >= 11 is 0. The van der Waals surface area contributed by atoms with Crippen LogP contribution >= 0.6 is 0 Å². The van der Waals surface area contributed by atoms with E-state index in [1.807, 2.05) is 55.5 Å². The normalized spacial score (nSPS) is 15.0. The number of fused-ring (bicyclic) bond motifs is 2. The van der Waals surface area contributed by atoms with E-state index in [0.717, 1.165) is 40.2 Å². The highest BCUT2D eigenvalue weighted by Crippen LogP contribution is 2.39. The first-order chi connectivity index (χ1) is 19.6. The summed E-state index contributed by atoms with van der Waals surface area (Å²) in [6.45, 7) is 2.02. The minimum Gasteiger partial charge on any atom is -0.382 e. The first-order valence-electron chi connectivity index (χ1n) is 12.8. The van der Waals surface area contributed by atoms with Gasteiger partial charge in [0, 0.05) is 29.4 Å². The van der Waals surface area contributed by atoms with Crippen molar-refractivity contribution in [1.82, 2.24) is 15.0 Å². The maximum absolute atomic E-state index is 13.2. The van der Waals surface area contributed by atoms with Crippen molar-refractivity contribution in [3.05, 3.63) is 101 Å². The van der Waals surface area contributed by atoms with Gasteiger partial charge >= 0.3 is 6.18 Å². The van der Waals surface area contributed by atoms with Gasteiger partial charge in [-0.05, 0) is 48.4 Å². The van der Waals surface area contributed by atoms with Crippen molar-refractivity contribution >= 4 is 51.3 Å². The largest absolute Gasteiger partial charge is 0.416 e. The summed E-state index contributed by atoms with van der Waals surface area (Å²) in [6.07, 6.45) is -2.45. The Labute approximate surface area is 233 Å². The average molecular weight is 555 g/mol. The fourth-order valence-electron chi connectivity index (χ4n) is 4.84. The molecule has 5 aromatic rings. The van der Waals surface area contributed by atoms with Crippen molar-refractivity contribution in [2.45, 2.75) is 25.6 Å². The number of alkyl halides is 3. The van der Waals surface area contributed by atoms with Crippen LogP contribution in [0.25, 0.3) is 10.9 Å². The second kappa shape index (κ2) is 10.1. The van der Waals surface area contributed by atoms with E-state index in [9.17, 15) is 13.2 Å². The molecule has 0 bridgehead atoms. The number of nitrogens with two attached hydrogens (primary N) is 2. The molecule has 1 aliphatic heterocycles. The smallest absolute Gasteiger partial charge is 0.382 e. The summed E-state index contributed by atoms with van der Waals surface area (Å²) in [4.78, 5) is 17.5. The van der Waals surface area contributed by atoms with E-state index in [2.05, 4.69) is 25.6 Å². The molecule has 1 unspecified atom stereocenters. The Kier molecular flexibility index (Phi) is 6.41. The molecule has 0 saturated heterocycles. The Bertz CT molecular complexity index is 1800. The number of pyridine rings is 1. The van der Waals surface area contributed by atoms with Crippen LogP contribution in [-0.2, 0) is 6.18 Å². The molecule has 0 spiro atoms. The van der Waals surface area contributed by atoms with Crippen LogP contribution in [0.2, 0.25) is 0 Å². The lowest BCUT2D eigenvalue weighted by Gasteiger charge is -2.20. The van der Waals surface area contributed by atoms with E-state index < -0.39 is 11.7 Å². The first kappa shape index (κ1) is 26.1. The molecule has 3 aromatic carbocycles. The number of benzene rings is 3. The lowest BCUT2D eigenvalue weighted by molar-refractivity contribution is -0.137. The number of aryl methyl sites for hydroxylation is 1. The Morgan fingerprint density at radius 2 is 1.76 bits per heavy atom. The first-order valence-corrected chi connectivity index (χ1v) is 12.8. The average Bonchev–Trinajstić information content (AvgIpc) is 3.13. The van der Waals surface area contributed by atoms with Gasteiger partial charge in [-0.2, -0.15) is 23.1 Å². The van der Waals surface area contributed by atoms with Crippen molar-refractivity contribution in [2.75, 3.05) is 22.1 Å². The summed E-state index contributed by atoms with van der Waals surface area (Å²) in [7, 11) is 0. The van der Waals surface area contributed by atoms with E-state index in [1.165, 1.54) is 12.3 Å². The maximum atomic E-state index is 13.2. The van der Waals surface area contributed by atoms with E-state index in [0.29, 0.717) is 29.0 Å². The Balaban J connectivity index is 1.36. The maximum Gasteiger partial charge on any atom is 0.416 e. The molecule has 0 fully saturated rings. The number of aliphatic imine (C=N–C) groups is 1. The zero-order chi connectivity index (χ0) is 28.7. The zero-order valence-electron chi connectivity index (χ0n) is 21.9. The van der Waals surface area contributed by atoms with E-state index in [4.69, 9.17) is 16.5 Å². The number of rotatable bonds is 4. The van der Waals surface area contributed by atoms with Gasteiger partial charge in [0.05, 0.1) is 22.8 Å². The number of halogens is 3. The van der Waals surface area contributed by atoms with Crippen molar-refractivity contribution in [3.8, 4) is 0 Å². The molecule has 0 saturated carbocycles. The number of nitrogens with one attached hydrogen (secondary N) is 2. The fraction of sp³-hybridized carbons (Fsp3) is 0.133. The van der Waals surface area contributed by atoms with Gasteiger partial charge in [0.2, 0.25) is 5.95 Å². The van der Waals surface area contributed by atoms with Gasteiger partial charge in [-0.25, -0.2) is 4.99 Å². The van der Waals surface area contributed by atoms with Crippen LogP contribution in [0.1, 0.15) is 34.7 Å². The van der Waals surface area contributed by atoms with Gasteiger partial charge in [0.1, 0.15) is 5.69 Å². The summed E-state index contributed by atoms with van der Waals surface area (Å²) in [5.74, 6) is 0.648. The van der Waals surface area contributed by atoms with Crippen LogP contribution in [-0.4, -0.2) is 20.7 Å². The Morgan fingerprint density at radius 3 is 2.54 bits per heavy atom. The number of hydrogen-bond donors (Lipinski definition) is 4. The summed E-state index contributed by atoms with van der Waals surface area (Å²) < 4.78 is 39.7. The third-order valence-corrected chi connectivity index (χ3v) is 6.91. The Morgan fingerprint density at radius 1 is 0.951 bits per heavy atom. The van der Waals surface area contributed by atoms with Crippen molar-refractivity contribution < 1.29 is 13.2 Å². The molecule has 1 aliphatic rings. The van der Waals surface area contributed by atoms with Gasteiger partial charge < -0.3 is 22.1 Å².